The molecule has 17 heavy (non-hydrogen) atoms. The van der Waals surface area contributed by atoms with Crippen LogP contribution in [0.3, 0.4) is 0 Å². The molecule has 1 aromatic heterocycles. The first-order chi connectivity index (χ1) is 8.24. The fraction of sp³-hybridized carbons (Fsp3) is 0.692. The molecule has 1 atom stereocenters. The van der Waals surface area contributed by atoms with Crippen LogP contribution in [0.5, 0.6) is 0 Å². The summed E-state index contributed by atoms with van der Waals surface area (Å²) in [4.78, 5) is 2.55. The van der Waals surface area contributed by atoms with Crippen molar-refractivity contribution >= 4 is 11.6 Å². The fourth-order valence-electron chi connectivity index (χ4n) is 2.36. The molecule has 0 aromatic carbocycles. The van der Waals surface area contributed by atoms with E-state index in [1.54, 1.807) is 6.07 Å². The molecule has 1 aliphatic heterocycles. The van der Waals surface area contributed by atoms with Crippen LogP contribution in [0, 0.1) is 5.92 Å². The summed E-state index contributed by atoms with van der Waals surface area (Å²) in [7, 11) is 0. The highest BCUT2D eigenvalue weighted by molar-refractivity contribution is 6.28. The van der Waals surface area contributed by atoms with Gasteiger partial charge >= 0.3 is 0 Å². The number of rotatable bonds is 6. The SMILES string of the molecule is CC(CNCc1ccc(Cl)o1)CN1CCCC1. The Morgan fingerprint density at radius 3 is 2.82 bits per heavy atom. The van der Waals surface area contributed by atoms with Crippen molar-refractivity contribution in [1.29, 1.82) is 0 Å². The first-order valence-corrected chi connectivity index (χ1v) is 6.79. The van der Waals surface area contributed by atoms with Gasteiger partial charge in [0.05, 0.1) is 6.54 Å². The summed E-state index contributed by atoms with van der Waals surface area (Å²) in [6.45, 7) is 7.83. The fourth-order valence-corrected chi connectivity index (χ4v) is 2.52. The number of nitrogens with zero attached hydrogens (tertiary/aromatic N) is 1. The molecule has 0 saturated carbocycles. The van der Waals surface area contributed by atoms with Crippen molar-refractivity contribution in [2.24, 2.45) is 5.92 Å². The molecule has 0 radical (unpaired) electrons. The second-order valence-electron chi connectivity index (χ2n) is 4.95. The van der Waals surface area contributed by atoms with E-state index in [0.717, 1.165) is 18.8 Å². The van der Waals surface area contributed by atoms with Gasteiger partial charge in [0.1, 0.15) is 5.76 Å². The van der Waals surface area contributed by atoms with Crippen LogP contribution in [0.1, 0.15) is 25.5 Å². The van der Waals surface area contributed by atoms with Gasteiger partial charge in [-0.2, -0.15) is 0 Å². The summed E-state index contributed by atoms with van der Waals surface area (Å²) < 4.78 is 5.29. The van der Waals surface area contributed by atoms with Crippen molar-refractivity contribution in [1.82, 2.24) is 10.2 Å². The summed E-state index contributed by atoms with van der Waals surface area (Å²) in [5.41, 5.74) is 0. The van der Waals surface area contributed by atoms with Gasteiger partial charge in [0.25, 0.3) is 0 Å². The summed E-state index contributed by atoms with van der Waals surface area (Å²) >= 11 is 5.71. The average molecular weight is 257 g/mol. The molecule has 0 spiro atoms. The molecule has 4 heteroatoms. The van der Waals surface area contributed by atoms with Crippen LogP contribution in [-0.4, -0.2) is 31.1 Å². The zero-order valence-corrected chi connectivity index (χ0v) is 11.2. The first kappa shape index (κ1) is 12.9. The molecule has 0 aliphatic carbocycles. The summed E-state index contributed by atoms with van der Waals surface area (Å²) in [5, 5.41) is 3.87. The topological polar surface area (TPSA) is 28.4 Å². The second kappa shape index (κ2) is 6.43. The lowest BCUT2D eigenvalue weighted by molar-refractivity contribution is 0.281. The zero-order valence-electron chi connectivity index (χ0n) is 10.4. The number of halogens is 1. The molecule has 96 valence electrons. The smallest absolute Gasteiger partial charge is 0.193 e. The second-order valence-corrected chi connectivity index (χ2v) is 5.32. The molecule has 2 rings (SSSR count). The maximum Gasteiger partial charge on any atom is 0.193 e. The van der Waals surface area contributed by atoms with E-state index in [2.05, 4.69) is 17.1 Å². The van der Waals surface area contributed by atoms with Gasteiger partial charge in [0, 0.05) is 6.54 Å². The Morgan fingerprint density at radius 2 is 2.18 bits per heavy atom. The Morgan fingerprint density at radius 1 is 1.41 bits per heavy atom. The van der Waals surface area contributed by atoms with E-state index in [1.165, 1.54) is 32.5 Å². The Balaban J connectivity index is 1.60. The predicted octanol–water partition coefficient (Wildman–Crippen LogP) is 2.75. The average Bonchev–Trinajstić information content (AvgIpc) is 2.90. The molecule has 1 saturated heterocycles. The van der Waals surface area contributed by atoms with Crippen molar-refractivity contribution in [3.63, 3.8) is 0 Å². The number of hydrogen-bond acceptors (Lipinski definition) is 3. The van der Waals surface area contributed by atoms with E-state index < -0.39 is 0 Å². The Kier molecular flexibility index (Phi) is 4.89. The van der Waals surface area contributed by atoms with Crippen LogP contribution in [0.4, 0.5) is 0 Å². The van der Waals surface area contributed by atoms with E-state index in [9.17, 15) is 0 Å². The standard InChI is InChI=1S/C13H21ClN2O/c1-11(10-16-6-2-3-7-16)8-15-9-12-4-5-13(14)17-12/h4-5,11,15H,2-3,6-10H2,1H3. The third-order valence-electron chi connectivity index (χ3n) is 3.19. The van der Waals surface area contributed by atoms with E-state index in [-0.39, 0.29) is 0 Å². The summed E-state index contributed by atoms with van der Waals surface area (Å²) in [5.74, 6) is 1.59. The van der Waals surface area contributed by atoms with Crippen molar-refractivity contribution in [3.05, 3.63) is 23.1 Å². The van der Waals surface area contributed by atoms with Crippen molar-refractivity contribution in [2.45, 2.75) is 26.3 Å². The largest absolute Gasteiger partial charge is 0.448 e. The minimum Gasteiger partial charge on any atom is -0.448 e. The molecule has 0 amide bonds. The van der Waals surface area contributed by atoms with Crippen LogP contribution in [0.2, 0.25) is 5.22 Å². The monoisotopic (exact) mass is 256 g/mol. The lowest BCUT2D eigenvalue weighted by Crippen LogP contribution is -2.31. The lowest BCUT2D eigenvalue weighted by Gasteiger charge is -2.20. The first-order valence-electron chi connectivity index (χ1n) is 6.41. The van der Waals surface area contributed by atoms with E-state index in [4.69, 9.17) is 16.0 Å². The van der Waals surface area contributed by atoms with Crippen LogP contribution < -0.4 is 5.32 Å². The Bertz CT molecular complexity index is 334. The normalized spacial score (nSPS) is 18.7. The van der Waals surface area contributed by atoms with Gasteiger partial charge in [-0.05, 0) is 62.1 Å². The van der Waals surface area contributed by atoms with Crippen molar-refractivity contribution < 1.29 is 4.42 Å². The van der Waals surface area contributed by atoms with Gasteiger partial charge in [-0.1, -0.05) is 6.92 Å². The minimum atomic E-state index is 0.465. The number of hydrogen-bond donors (Lipinski definition) is 1. The summed E-state index contributed by atoms with van der Waals surface area (Å²) in [6, 6.07) is 3.70. The van der Waals surface area contributed by atoms with Crippen LogP contribution in [0.15, 0.2) is 16.5 Å². The molecular weight excluding hydrogens is 236 g/mol. The molecule has 1 unspecified atom stereocenters. The van der Waals surface area contributed by atoms with Crippen LogP contribution in [-0.2, 0) is 6.54 Å². The molecule has 0 bridgehead atoms. The minimum absolute atomic E-state index is 0.465. The highest BCUT2D eigenvalue weighted by Crippen LogP contribution is 2.13. The molecular formula is C13H21ClN2O. The maximum atomic E-state index is 5.71. The van der Waals surface area contributed by atoms with Gasteiger partial charge in [0.2, 0.25) is 0 Å². The van der Waals surface area contributed by atoms with Crippen LogP contribution >= 0.6 is 11.6 Å². The number of furan rings is 1. The molecule has 1 aromatic rings. The van der Waals surface area contributed by atoms with Crippen molar-refractivity contribution in [3.8, 4) is 0 Å². The molecule has 2 heterocycles. The third kappa shape index (κ3) is 4.34. The van der Waals surface area contributed by atoms with Gasteiger partial charge < -0.3 is 14.6 Å². The number of nitrogens with one attached hydrogen (secondary N) is 1. The Labute approximate surface area is 108 Å². The van der Waals surface area contributed by atoms with E-state index in [1.807, 2.05) is 6.07 Å². The van der Waals surface area contributed by atoms with Crippen LogP contribution in [0.25, 0.3) is 0 Å². The molecule has 1 N–H and O–H groups in total. The van der Waals surface area contributed by atoms with Gasteiger partial charge in [0.15, 0.2) is 5.22 Å². The van der Waals surface area contributed by atoms with Crippen molar-refractivity contribution in [2.75, 3.05) is 26.2 Å². The van der Waals surface area contributed by atoms with Gasteiger partial charge in [-0.25, -0.2) is 0 Å². The number of likely N-dealkylation sites (tertiary alicyclic amines) is 1. The highest BCUT2D eigenvalue weighted by Gasteiger charge is 2.14. The predicted molar refractivity (Wildman–Crippen MR) is 70.3 cm³/mol. The molecule has 1 fully saturated rings. The Hall–Kier alpha value is -0.510. The highest BCUT2D eigenvalue weighted by atomic mass is 35.5. The maximum absolute atomic E-state index is 5.71. The quantitative estimate of drug-likeness (QED) is 0.849. The molecule has 1 aliphatic rings. The zero-order chi connectivity index (χ0) is 12.1. The molecule has 3 nitrogen and oxygen atoms in total. The summed E-state index contributed by atoms with van der Waals surface area (Å²) in [6.07, 6.45) is 2.73. The third-order valence-corrected chi connectivity index (χ3v) is 3.39. The van der Waals surface area contributed by atoms with E-state index >= 15 is 0 Å². The van der Waals surface area contributed by atoms with Gasteiger partial charge in [-0.3, -0.25) is 0 Å². The lowest BCUT2D eigenvalue weighted by atomic mass is 10.1. The van der Waals surface area contributed by atoms with E-state index in [0.29, 0.717) is 11.1 Å². The van der Waals surface area contributed by atoms with Gasteiger partial charge in [-0.15, -0.1) is 0 Å².